The lowest BCUT2D eigenvalue weighted by Crippen LogP contribution is -2.32. The van der Waals surface area contributed by atoms with Crippen molar-refractivity contribution >= 4 is 16.9 Å². The van der Waals surface area contributed by atoms with Crippen LogP contribution in [0.5, 0.6) is 0 Å². The number of aromatic nitrogens is 1. The van der Waals surface area contributed by atoms with Gasteiger partial charge in [0.1, 0.15) is 11.2 Å². The fourth-order valence-corrected chi connectivity index (χ4v) is 4.71. The molecule has 5 heteroatoms. The van der Waals surface area contributed by atoms with Crippen LogP contribution in [0.15, 0.2) is 24.3 Å². The number of esters is 1. The molecule has 28 heavy (non-hydrogen) atoms. The number of carbonyl (C=O) groups is 1. The second-order valence-electron chi connectivity index (χ2n) is 8.84. The third kappa shape index (κ3) is 3.00. The quantitative estimate of drug-likeness (QED) is 0.718. The molecule has 1 saturated carbocycles. The van der Waals surface area contributed by atoms with E-state index in [0.29, 0.717) is 18.2 Å². The van der Waals surface area contributed by atoms with Crippen LogP contribution in [0.1, 0.15) is 68.9 Å². The molecule has 0 radical (unpaired) electrons. The van der Waals surface area contributed by atoms with Crippen molar-refractivity contribution in [1.82, 2.24) is 4.57 Å². The van der Waals surface area contributed by atoms with Gasteiger partial charge in [-0.2, -0.15) is 5.26 Å². The largest absolute Gasteiger partial charge is 0.461 e. The minimum atomic E-state index is -0.647. The lowest BCUT2D eigenvalue weighted by Gasteiger charge is -2.35. The Labute approximate surface area is 166 Å². The Kier molecular flexibility index (Phi) is 4.50. The maximum atomic E-state index is 12.6. The monoisotopic (exact) mass is 380 g/mol. The van der Waals surface area contributed by atoms with Gasteiger partial charge < -0.3 is 14.0 Å². The van der Waals surface area contributed by atoms with E-state index >= 15 is 0 Å². The number of hydrogen-bond acceptors (Lipinski definition) is 4. The first-order chi connectivity index (χ1) is 13.3. The second-order valence-corrected chi connectivity index (χ2v) is 8.84. The Morgan fingerprint density at radius 1 is 1.36 bits per heavy atom. The van der Waals surface area contributed by atoms with Gasteiger partial charge in [0.15, 0.2) is 0 Å². The zero-order valence-electron chi connectivity index (χ0n) is 17.1. The molecule has 0 amide bonds. The predicted molar refractivity (Wildman–Crippen MR) is 107 cm³/mol. The molecule has 2 aliphatic rings. The van der Waals surface area contributed by atoms with E-state index in [1.807, 2.05) is 10.6 Å². The first-order valence-electron chi connectivity index (χ1n) is 10.2. The van der Waals surface area contributed by atoms with Gasteiger partial charge in [-0.25, -0.2) is 4.79 Å². The van der Waals surface area contributed by atoms with Crippen LogP contribution in [-0.4, -0.2) is 29.4 Å². The Hall–Kier alpha value is -2.32. The molecule has 4 rings (SSSR count). The lowest BCUT2D eigenvalue weighted by atomic mass is 9.83. The fourth-order valence-electron chi connectivity index (χ4n) is 4.71. The van der Waals surface area contributed by atoms with E-state index in [-0.39, 0.29) is 17.5 Å². The highest BCUT2D eigenvalue weighted by atomic mass is 16.5. The van der Waals surface area contributed by atoms with E-state index in [1.165, 1.54) is 5.56 Å². The summed E-state index contributed by atoms with van der Waals surface area (Å²) >= 11 is 0. The average Bonchev–Trinajstić information content (AvgIpc) is 3.16. The van der Waals surface area contributed by atoms with E-state index in [4.69, 9.17) is 9.47 Å². The van der Waals surface area contributed by atoms with Crippen LogP contribution in [0, 0.1) is 17.2 Å². The Morgan fingerprint density at radius 2 is 2.11 bits per heavy atom. The molecule has 1 aliphatic heterocycles. The number of hydrogen-bond donors (Lipinski definition) is 0. The van der Waals surface area contributed by atoms with Crippen molar-refractivity contribution in [2.24, 2.45) is 5.92 Å². The van der Waals surface area contributed by atoms with Crippen LogP contribution in [-0.2, 0) is 15.0 Å². The molecule has 1 aliphatic carbocycles. The molecule has 1 saturated heterocycles. The van der Waals surface area contributed by atoms with Crippen molar-refractivity contribution in [2.75, 3.05) is 13.2 Å². The first kappa shape index (κ1) is 19.0. The molecule has 1 aromatic heterocycles. The summed E-state index contributed by atoms with van der Waals surface area (Å²) in [6.45, 7) is 9.21. The van der Waals surface area contributed by atoms with Gasteiger partial charge in [-0.3, -0.25) is 0 Å². The van der Waals surface area contributed by atoms with Gasteiger partial charge in [-0.1, -0.05) is 13.0 Å². The smallest absolute Gasteiger partial charge is 0.355 e. The molecule has 0 spiro atoms. The van der Waals surface area contributed by atoms with Gasteiger partial charge in [-0.15, -0.1) is 0 Å². The maximum absolute atomic E-state index is 12.6. The SMILES string of the molecule is CCOC(=O)c1cc2cc([C@H]3CCOC(C)(C)C3)ccc2n1[C@@]1(C#N)C[C@@H]1C. The Bertz CT molecular complexity index is 968. The Morgan fingerprint density at radius 3 is 2.71 bits per heavy atom. The third-order valence-electron chi connectivity index (χ3n) is 6.34. The highest BCUT2D eigenvalue weighted by Gasteiger charge is 2.55. The number of rotatable bonds is 4. The maximum Gasteiger partial charge on any atom is 0.355 e. The third-order valence-corrected chi connectivity index (χ3v) is 6.34. The highest BCUT2D eigenvalue weighted by Crippen LogP contribution is 2.52. The van der Waals surface area contributed by atoms with Crippen molar-refractivity contribution < 1.29 is 14.3 Å². The van der Waals surface area contributed by atoms with Crippen LogP contribution in [0.3, 0.4) is 0 Å². The van der Waals surface area contributed by atoms with Gasteiger partial charge in [-0.05, 0) is 75.6 Å². The standard InChI is InChI=1S/C23H28N2O3/c1-5-27-21(26)20-11-18-10-16(17-8-9-28-22(3,4)13-17)6-7-19(18)25(20)23(14-24)12-15(23)2/h6-7,10-11,15,17H,5,8-9,12-13H2,1-4H3/t15-,17-,23+/m0/s1. The molecule has 0 bridgehead atoms. The summed E-state index contributed by atoms with van der Waals surface area (Å²) in [6.07, 6.45) is 2.73. The molecule has 1 aromatic carbocycles. The van der Waals surface area contributed by atoms with Gasteiger partial charge in [0, 0.05) is 12.0 Å². The van der Waals surface area contributed by atoms with Crippen molar-refractivity contribution in [1.29, 1.82) is 5.26 Å². The number of benzene rings is 1. The molecule has 2 fully saturated rings. The van der Waals surface area contributed by atoms with E-state index in [9.17, 15) is 10.1 Å². The van der Waals surface area contributed by atoms with Crippen LogP contribution >= 0.6 is 0 Å². The summed E-state index contributed by atoms with van der Waals surface area (Å²) in [5.41, 5.74) is 1.92. The van der Waals surface area contributed by atoms with E-state index in [1.54, 1.807) is 6.92 Å². The summed E-state index contributed by atoms with van der Waals surface area (Å²) < 4.78 is 13.1. The van der Waals surface area contributed by atoms with Crippen molar-refractivity contribution in [2.45, 2.75) is 64.0 Å². The minimum Gasteiger partial charge on any atom is -0.461 e. The number of ether oxygens (including phenoxy) is 2. The Balaban J connectivity index is 1.81. The number of fused-ring (bicyclic) bond motifs is 1. The fraction of sp³-hybridized carbons (Fsp3) is 0.565. The van der Waals surface area contributed by atoms with Crippen molar-refractivity contribution in [3.63, 3.8) is 0 Å². The molecule has 148 valence electrons. The normalized spacial score (nSPS) is 28.7. The first-order valence-corrected chi connectivity index (χ1v) is 10.2. The number of nitrogens with zero attached hydrogens (tertiary/aromatic N) is 2. The topological polar surface area (TPSA) is 64.2 Å². The molecule has 0 unspecified atom stereocenters. The number of carbonyl (C=O) groups excluding carboxylic acids is 1. The lowest BCUT2D eigenvalue weighted by molar-refractivity contribution is -0.0592. The van der Waals surface area contributed by atoms with Gasteiger partial charge in [0.25, 0.3) is 0 Å². The molecule has 2 aromatic rings. The zero-order valence-corrected chi connectivity index (χ0v) is 17.1. The van der Waals surface area contributed by atoms with Crippen LogP contribution in [0.2, 0.25) is 0 Å². The summed E-state index contributed by atoms with van der Waals surface area (Å²) in [5.74, 6) is 0.297. The molecule has 0 N–H and O–H groups in total. The number of nitriles is 1. The summed E-state index contributed by atoms with van der Waals surface area (Å²) in [5, 5.41) is 10.9. The van der Waals surface area contributed by atoms with Gasteiger partial charge >= 0.3 is 5.97 Å². The highest BCUT2D eigenvalue weighted by molar-refractivity contribution is 5.96. The second kappa shape index (κ2) is 6.63. The van der Waals surface area contributed by atoms with E-state index in [2.05, 4.69) is 45.0 Å². The van der Waals surface area contributed by atoms with E-state index in [0.717, 1.165) is 36.8 Å². The van der Waals surface area contributed by atoms with Crippen LogP contribution < -0.4 is 0 Å². The summed E-state index contributed by atoms with van der Waals surface area (Å²) in [6, 6.07) is 10.8. The van der Waals surface area contributed by atoms with Gasteiger partial charge in [0.05, 0.1) is 23.8 Å². The molecule has 3 atom stereocenters. The van der Waals surface area contributed by atoms with Crippen LogP contribution in [0.25, 0.3) is 10.9 Å². The molecular formula is C23H28N2O3. The molecular weight excluding hydrogens is 352 g/mol. The average molecular weight is 380 g/mol. The van der Waals surface area contributed by atoms with Crippen LogP contribution in [0.4, 0.5) is 0 Å². The van der Waals surface area contributed by atoms with Gasteiger partial charge in [0.2, 0.25) is 0 Å². The predicted octanol–water partition coefficient (Wildman–Crippen LogP) is 4.75. The van der Waals surface area contributed by atoms with E-state index < -0.39 is 5.54 Å². The summed E-state index contributed by atoms with van der Waals surface area (Å²) in [7, 11) is 0. The minimum absolute atomic E-state index is 0.117. The molecule has 5 nitrogen and oxygen atoms in total. The zero-order chi connectivity index (χ0) is 20.1. The molecule has 2 heterocycles. The van der Waals surface area contributed by atoms with Crippen molar-refractivity contribution in [3.8, 4) is 6.07 Å². The summed E-state index contributed by atoms with van der Waals surface area (Å²) in [4.78, 5) is 12.6. The van der Waals surface area contributed by atoms with Crippen molar-refractivity contribution in [3.05, 3.63) is 35.5 Å².